The second kappa shape index (κ2) is 8.00. The number of rotatable bonds is 3. The summed E-state index contributed by atoms with van der Waals surface area (Å²) in [5.41, 5.74) is 0.707. The van der Waals surface area contributed by atoms with Crippen LogP contribution in [0.4, 0.5) is 0 Å². The number of thiophene rings is 1. The molecule has 0 bridgehead atoms. The minimum absolute atomic E-state index is 0.0158. The van der Waals surface area contributed by atoms with Crippen LogP contribution in [0.2, 0.25) is 0 Å². The monoisotopic (exact) mass is 439 g/mol. The Balaban J connectivity index is 1.40. The van der Waals surface area contributed by atoms with Gasteiger partial charge >= 0.3 is 0 Å². The van der Waals surface area contributed by atoms with E-state index in [1.54, 1.807) is 16.5 Å². The number of aromatic nitrogens is 2. The molecule has 31 heavy (non-hydrogen) atoms. The standard InChI is InChI=1S/C23H25N3O4S/c1-14-19-21(24-18-10-4-3-7-11-26(18)22(19)27)31-20(14)23(28)25(2)12-15-13-29-16-8-5-6-9-17(16)30-15/h5-6,8-9,15H,3-4,7,10-13H2,1-2H3. The van der Waals surface area contributed by atoms with E-state index in [2.05, 4.69) is 0 Å². The molecule has 2 aliphatic heterocycles. The maximum Gasteiger partial charge on any atom is 0.264 e. The van der Waals surface area contributed by atoms with E-state index in [4.69, 9.17) is 14.5 Å². The van der Waals surface area contributed by atoms with Gasteiger partial charge in [-0.2, -0.15) is 0 Å². The fourth-order valence-corrected chi connectivity index (χ4v) is 5.51. The van der Waals surface area contributed by atoms with Crippen LogP contribution in [0.1, 0.15) is 40.3 Å². The first-order chi connectivity index (χ1) is 15.0. The molecule has 0 spiro atoms. The molecule has 8 heteroatoms. The topological polar surface area (TPSA) is 73.7 Å². The number of para-hydroxylation sites is 2. The summed E-state index contributed by atoms with van der Waals surface area (Å²) in [6.45, 7) is 3.33. The maximum absolute atomic E-state index is 13.2. The molecule has 1 atom stereocenters. The van der Waals surface area contributed by atoms with Crippen LogP contribution < -0.4 is 15.0 Å². The second-order valence-electron chi connectivity index (χ2n) is 8.22. The van der Waals surface area contributed by atoms with E-state index in [1.807, 2.05) is 31.2 Å². The van der Waals surface area contributed by atoms with Crippen molar-refractivity contribution in [3.63, 3.8) is 0 Å². The van der Waals surface area contributed by atoms with Crippen LogP contribution >= 0.6 is 11.3 Å². The minimum Gasteiger partial charge on any atom is -0.486 e. The summed E-state index contributed by atoms with van der Waals surface area (Å²) in [6.07, 6.45) is 3.71. The van der Waals surface area contributed by atoms with Gasteiger partial charge < -0.3 is 14.4 Å². The largest absolute Gasteiger partial charge is 0.486 e. The average Bonchev–Trinajstić information content (AvgIpc) is 2.94. The Hall–Kier alpha value is -2.87. The molecule has 2 aliphatic rings. The van der Waals surface area contributed by atoms with Gasteiger partial charge in [0.2, 0.25) is 0 Å². The van der Waals surface area contributed by atoms with E-state index in [0.29, 0.717) is 40.5 Å². The zero-order valence-corrected chi connectivity index (χ0v) is 18.5. The molecule has 2 aromatic heterocycles. The highest BCUT2D eigenvalue weighted by atomic mass is 32.1. The maximum atomic E-state index is 13.2. The summed E-state index contributed by atoms with van der Waals surface area (Å²) in [7, 11) is 1.76. The van der Waals surface area contributed by atoms with E-state index in [0.717, 1.165) is 42.8 Å². The van der Waals surface area contributed by atoms with Crippen molar-refractivity contribution in [1.82, 2.24) is 14.5 Å². The number of hydrogen-bond acceptors (Lipinski definition) is 6. The van der Waals surface area contributed by atoms with Gasteiger partial charge in [0, 0.05) is 20.0 Å². The Morgan fingerprint density at radius 3 is 2.90 bits per heavy atom. The summed E-state index contributed by atoms with van der Waals surface area (Å²) >= 11 is 1.32. The molecule has 0 N–H and O–H groups in total. The molecule has 1 aromatic carbocycles. The summed E-state index contributed by atoms with van der Waals surface area (Å²) < 4.78 is 13.6. The lowest BCUT2D eigenvalue weighted by atomic mass is 10.2. The lowest BCUT2D eigenvalue weighted by Gasteiger charge is -2.29. The Bertz CT molecular complexity index is 1220. The summed E-state index contributed by atoms with van der Waals surface area (Å²) in [5.74, 6) is 2.13. The quantitative estimate of drug-likeness (QED) is 0.625. The van der Waals surface area contributed by atoms with Crippen LogP contribution in [-0.2, 0) is 13.0 Å². The number of ether oxygens (including phenoxy) is 2. The van der Waals surface area contributed by atoms with Gasteiger partial charge in [-0.25, -0.2) is 4.98 Å². The third-order valence-corrected chi connectivity index (χ3v) is 7.17. The third kappa shape index (κ3) is 3.59. The second-order valence-corrected chi connectivity index (χ2v) is 9.21. The highest BCUT2D eigenvalue weighted by Gasteiger charge is 2.27. The average molecular weight is 440 g/mol. The van der Waals surface area contributed by atoms with Crippen LogP contribution in [-0.4, -0.2) is 46.7 Å². The number of aryl methyl sites for hydroxylation is 2. The third-order valence-electron chi connectivity index (χ3n) is 6.00. The Morgan fingerprint density at radius 2 is 2.06 bits per heavy atom. The number of carbonyl (C=O) groups excluding carboxylic acids is 1. The van der Waals surface area contributed by atoms with Crippen LogP contribution in [0.3, 0.4) is 0 Å². The fourth-order valence-electron chi connectivity index (χ4n) is 4.33. The van der Waals surface area contributed by atoms with Crippen LogP contribution in [0.5, 0.6) is 11.5 Å². The molecule has 3 aromatic rings. The molecule has 0 saturated carbocycles. The van der Waals surface area contributed by atoms with E-state index in [1.165, 1.54) is 11.3 Å². The molecule has 1 unspecified atom stereocenters. The van der Waals surface area contributed by atoms with Crippen LogP contribution in [0.25, 0.3) is 10.2 Å². The molecule has 1 amide bonds. The van der Waals surface area contributed by atoms with Crippen molar-refractivity contribution >= 4 is 27.5 Å². The summed E-state index contributed by atoms with van der Waals surface area (Å²) in [4.78, 5) is 34.0. The highest BCUT2D eigenvalue weighted by Crippen LogP contribution is 2.32. The number of fused-ring (bicyclic) bond motifs is 3. The van der Waals surface area contributed by atoms with Crippen molar-refractivity contribution in [2.45, 2.75) is 45.3 Å². The molecule has 7 nitrogen and oxygen atoms in total. The Labute approximate surface area is 184 Å². The molecular weight excluding hydrogens is 414 g/mol. The Kier molecular flexibility index (Phi) is 5.17. The number of likely N-dealkylation sites (N-methyl/N-ethyl adjacent to an activating group) is 1. The zero-order valence-electron chi connectivity index (χ0n) is 17.7. The van der Waals surface area contributed by atoms with Gasteiger partial charge in [0.15, 0.2) is 17.6 Å². The number of carbonyl (C=O) groups is 1. The van der Waals surface area contributed by atoms with Crippen molar-refractivity contribution in [3.8, 4) is 11.5 Å². The molecule has 5 rings (SSSR count). The molecule has 0 radical (unpaired) electrons. The highest BCUT2D eigenvalue weighted by molar-refractivity contribution is 7.20. The molecule has 0 aliphatic carbocycles. The first-order valence-corrected chi connectivity index (χ1v) is 11.5. The van der Waals surface area contributed by atoms with E-state index >= 15 is 0 Å². The van der Waals surface area contributed by atoms with Crippen molar-refractivity contribution in [3.05, 3.63) is 50.9 Å². The fraction of sp³-hybridized carbons (Fsp3) is 0.435. The predicted octanol–water partition coefficient (Wildman–Crippen LogP) is 3.40. The molecule has 0 saturated heterocycles. The lowest BCUT2D eigenvalue weighted by molar-refractivity contribution is 0.0523. The number of amides is 1. The van der Waals surface area contributed by atoms with Crippen molar-refractivity contribution in [2.24, 2.45) is 0 Å². The van der Waals surface area contributed by atoms with Gasteiger partial charge in [-0.15, -0.1) is 11.3 Å². The van der Waals surface area contributed by atoms with Gasteiger partial charge in [-0.3, -0.25) is 14.2 Å². The molecule has 4 heterocycles. The number of nitrogens with zero attached hydrogens (tertiary/aromatic N) is 3. The number of benzene rings is 1. The van der Waals surface area contributed by atoms with E-state index < -0.39 is 0 Å². The lowest BCUT2D eigenvalue weighted by Crippen LogP contribution is -2.41. The van der Waals surface area contributed by atoms with Gasteiger partial charge in [-0.05, 0) is 37.5 Å². The van der Waals surface area contributed by atoms with E-state index in [9.17, 15) is 9.59 Å². The first-order valence-electron chi connectivity index (χ1n) is 10.7. The van der Waals surface area contributed by atoms with E-state index in [-0.39, 0.29) is 17.6 Å². The molecule has 162 valence electrons. The van der Waals surface area contributed by atoms with Crippen molar-refractivity contribution in [2.75, 3.05) is 20.2 Å². The summed E-state index contributed by atoms with van der Waals surface area (Å²) in [5, 5.41) is 0.582. The van der Waals surface area contributed by atoms with Crippen LogP contribution in [0, 0.1) is 6.92 Å². The summed E-state index contributed by atoms with van der Waals surface area (Å²) in [6, 6.07) is 7.53. The van der Waals surface area contributed by atoms with Gasteiger partial charge in [0.25, 0.3) is 11.5 Å². The first kappa shape index (κ1) is 20.1. The van der Waals surface area contributed by atoms with Crippen molar-refractivity contribution in [1.29, 1.82) is 0 Å². The molecule has 0 fully saturated rings. The van der Waals surface area contributed by atoms with Gasteiger partial charge in [0.05, 0.1) is 16.8 Å². The minimum atomic E-state index is -0.252. The SMILES string of the molecule is Cc1c(C(=O)N(C)CC2COc3ccccc3O2)sc2nc3n(c(=O)c12)CCCCC3. The number of hydrogen-bond donors (Lipinski definition) is 0. The Morgan fingerprint density at radius 1 is 1.26 bits per heavy atom. The predicted molar refractivity (Wildman–Crippen MR) is 119 cm³/mol. The van der Waals surface area contributed by atoms with Gasteiger partial charge in [0.1, 0.15) is 17.3 Å². The smallest absolute Gasteiger partial charge is 0.264 e. The van der Waals surface area contributed by atoms with Crippen molar-refractivity contribution < 1.29 is 14.3 Å². The van der Waals surface area contributed by atoms with Crippen LogP contribution in [0.15, 0.2) is 29.1 Å². The zero-order chi connectivity index (χ0) is 21.5. The van der Waals surface area contributed by atoms with Gasteiger partial charge in [-0.1, -0.05) is 18.6 Å². The normalized spacial score (nSPS) is 17.8. The molecular formula is C23H25N3O4S.